The Labute approximate surface area is 116 Å². The molecule has 4 unspecified atom stereocenters. The van der Waals surface area contributed by atoms with Crippen LogP contribution in [-0.2, 0) is 4.74 Å². The Kier molecular flexibility index (Phi) is 5.61. The molecule has 0 bridgehead atoms. The first-order valence-corrected chi connectivity index (χ1v) is 7.92. The highest BCUT2D eigenvalue weighted by atomic mass is 19.2. The summed E-state index contributed by atoms with van der Waals surface area (Å²) in [4.78, 5) is 0. The first-order valence-electron chi connectivity index (χ1n) is 7.92. The number of alkyl halides is 2. The van der Waals surface area contributed by atoms with E-state index < -0.39 is 18.4 Å². The van der Waals surface area contributed by atoms with E-state index in [0.29, 0.717) is 6.42 Å². The largest absolute Gasteiger partial charge is 0.378 e. The molecule has 0 aromatic rings. The summed E-state index contributed by atoms with van der Waals surface area (Å²) in [5.41, 5.74) is 0. The third kappa shape index (κ3) is 3.90. The fourth-order valence-corrected chi connectivity index (χ4v) is 3.78. The lowest BCUT2D eigenvalue weighted by Crippen LogP contribution is -2.42. The van der Waals surface area contributed by atoms with Gasteiger partial charge in [0.1, 0.15) is 6.17 Å². The molecule has 2 aliphatic rings. The molecule has 1 nitrogen and oxygen atoms in total. The van der Waals surface area contributed by atoms with E-state index in [-0.39, 0.29) is 5.92 Å². The summed E-state index contributed by atoms with van der Waals surface area (Å²) in [6.07, 6.45) is 5.32. The van der Waals surface area contributed by atoms with Crippen LogP contribution in [0.25, 0.3) is 0 Å². The van der Waals surface area contributed by atoms with Crippen molar-refractivity contribution >= 4 is 0 Å². The lowest BCUT2D eigenvalue weighted by molar-refractivity contribution is -0.0582. The minimum Gasteiger partial charge on any atom is -0.378 e. The Morgan fingerprint density at radius 1 is 0.895 bits per heavy atom. The molecule has 0 spiro atoms. The molecule has 0 aromatic heterocycles. The highest BCUT2D eigenvalue weighted by Crippen LogP contribution is 2.37. The first-order chi connectivity index (χ1) is 9.11. The second kappa shape index (κ2) is 7.01. The zero-order chi connectivity index (χ0) is 13.8. The van der Waals surface area contributed by atoms with Gasteiger partial charge in [-0.2, -0.15) is 0 Å². The van der Waals surface area contributed by atoms with E-state index in [9.17, 15) is 8.78 Å². The summed E-state index contributed by atoms with van der Waals surface area (Å²) in [6, 6.07) is 0. The van der Waals surface area contributed by atoms with E-state index >= 15 is 0 Å². The van der Waals surface area contributed by atoms with Crippen molar-refractivity contribution in [1.82, 2.24) is 0 Å². The van der Waals surface area contributed by atoms with Crippen LogP contribution in [0, 0.1) is 17.8 Å². The van der Waals surface area contributed by atoms with Crippen molar-refractivity contribution in [3.05, 3.63) is 0 Å². The molecule has 2 saturated carbocycles. The van der Waals surface area contributed by atoms with Gasteiger partial charge in [0, 0.05) is 7.11 Å². The van der Waals surface area contributed by atoms with Crippen molar-refractivity contribution in [2.45, 2.75) is 76.7 Å². The smallest absolute Gasteiger partial charge is 0.157 e. The molecule has 4 atom stereocenters. The Morgan fingerprint density at radius 2 is 1.58 bits per heavy atom. The second-order valence-corrected chi connectivity index (χ2v) is 6.70. The topological polar surface area (TPSA) is 9.23 Å². The Hall–Kier alpha value is -0.180. The molecule has 3 heteroatoms. The molecule has 0 saturated heterocycles. The summed E-state index contributed by atoms with van der Waals surface area (Å²) < 4.78 is 32.9. The molecule has 0 amide bonds. The number of ether oxygens (including phenoxy) is 1. The standard InChI is InChI=1S/C16H28F2O/c1-11-3-5-12(6-4-11)7-8-13-9-10-14(19-2)16(18)15(13)17/h11-16H,3-10H2,1-2H3. The van der Waals surface area contributed by atoms with E-state index in [1.807, 2.05) is 0 Å². The second-order valence-electron chi connectivity index (χ2n) is 6.70. The van der Waals surface area contributed by atoms with Crippen LogP contribution in [-0.4, -0.2) is 25.6 Å². The molecular formula is C16H28F2O. The quantitative estimate of drug-likeness (QED) is 0.722. The van der Waals surface area contributed by atoms with E-state index in [1.165, 1.54) is 32.8 Å². The van der Waals surface area contributed by atoms with Gasteiger partial charge in [-0.05, 0) is 37.0 Å². The van der Waals surface area contributed by atoms with E-state index in [1.54, 1.807) is 0 Å². The maximum atomic E-state index is 14.0. The number of hydrogen-bond donors (Lipinski definition) is 0. The maximum Gasteiger partial charge on any atom is 0.157 e. The van der Waals surface area contributed by atoms with Crippen molar-refractivity contribution in [3.63, 3.8) is 0 Å². The average Bonchev–Trinajstić information content (AvgIpc) is 2.42. The van der Waals surface area contributed by atoms with Gasteiger partial charge < -0.3 is 4.74 Å². The van der Waals surface area contributed by atoms with Gasteiger partial charge >= 0.3 is 0 Å². The van der Waals surface area contributed by atoms with Gasteiger partial charge in [-0.3, -0.25) is 0 Å². The molecule has 0 heterocycles. The zero-order valence-corrected chi connectivity index (χ0v) is 12.3. The summed E-state index contributed by atoms with van der Waals surface area (Å²) in [5.74, 6) is 1.53. The Bertz CT molecular complexity index is 263. The van der Waals surface area contributed by atoms with Crippen LogP contribution in [0.5, 0.6) is 0 Å². The van der Waals surface area contributed by atoms with E-state index in [2.05, 4.69) is 6.92 Å². The molecule has 0 aliphatic heterocycles. The van der Waals surface area contributed by atoms with Gasteiger partial charge in [0.15, 0.2) is 6.17 Å². The van der Waals surface area contributed by atoms with Gasteiger partial charge in [0.05, 0.1) is 6.10 Å². The fraction of sp³-hybridized carbons (Fsp3) is 1.00. The molecular weight excluding hydrogens is 246 g/mol. The molecule has 19 heavy (non-hydrogen) atoms. The third-order valence-electron chi connectivity index (χ3n) is 5.32. The highest BCUT2D eigenvalue weighted by molar-refractivity contribution is 4.89. The van der Waals surface area contributed by atoms with Crippen LogP contribution in [0.3, 0.4) is 0 Å². The van der Waals surface area contributed by atoms with Gasteiger partial charge in [0.2, 0.25) is 0 Å². The van der Waals surface area contributed by atoms with Crippen LogP contribution in [0.4, 0.5) is 8.78 Å². The van der Waals surface area contributed by atoms with Crippen LogP contribution < -0.4 is 0 Å². The highest BCUT2D eigenvalue weighted by Gasteiger charge is 2.40. The first kappa shape index (κ1) is 15.2. The monoisotopic (exact) mass is 274 g/mol. The summed E-state index contributed by atoms with van der Waals surface area (Å²) in [6.45, 7) is 2.31. The number of methoxy groups -OCH3 is 1. The molecule has 2 aliphatic carbocycles. The van der Waals surface area contributed by atoms with Gasteiger partial charge in [-0.15, -0.1) is 0 Å². The molecule has 0 N–H and O–H groups in total. The van der Waals surface area contributed by atoms with Crippen LogP contribution in [0.2, 0.25) is 0 Å². The molecule has 0 aromatic carbocycles. The third-order valence-corrected chi connectivity index (χ3v) is 5.32. The molecule has 2 rings (SSSR count). The van der Waals surface area contributed by atoms with E-state index in [4.69, 9.17) is 4.74 Å². The van der Waals surface area contributed by atoms with Crippen molar-refractivity contribution in [1.29, 1.82) is 0 Å². The molecule has 112 valence electrons. The minimum atomic E-state index is -1.42. The normalized spacial score (nSPS) is 44.2. The van der Waals surface area contributed by atoms with Gasteiger partial charge in [-0.25, -0.2) is 8.78 Å². The fourth-order valence-electron chi connectivity index (χ4n) is 3.78. The zero-order valence-electron chi connectivity index (χ0n) is 12.3. The number of rotatable bonds is 4. The van der Waals surface area contributed by atoms with Crippen LogP contribution >= 0.6 is 0 Å². The Morgan fingerprint density at radius 3 is 2.21 bits per heavy atom. The van der Waals surface area contributed by atoms with Crippen molar-refractivity contribution in [3.8, 4) is 0 Å². The lowest BCUT2D eigenvalue weighted by Gasteiger charge is -2.35. The van der Waals surface area contributed by atoms with Gasteiger partial charge in [-0.1, -0.05) is 39.0 Å². The van der Waals surface area contributed by atoms with Crippen LogP contribution in [0.1, 0.15) is 58.3 Å². The Balaban J connectivity index is 1.74. The lowest BCUT2D eigenvalue weighted by atomic mass is 9.76. The maximum absolute atomic E-state index is 14.0. The van der Waals surface area contributed by atoms with E-state index in [0.717, 1.165) is 31.1 Å². The predicted octanol–water partition coefficient (Wildman–Crippen LogP) is 4.69. The summed E-state index contributed by atoms with van der Waals surface area (Å²) in [7, 11) is 1.48. The van der Waals surface area contributed by atoms with Crippen molar-refractivity contribution in [2.75, 3.05) is 7.11 Å². The van der Waals surface area contributed by atoms with Crippen molar-refractivity contribution in [2.24, 2.45) is 17.8 Å². The SMILES string of the molecule is COC1CCC(CCC2CCC(C)CC2)C(F)C1F. The number of hydrogen-bond acceptors (Lipinski definition) is 1. The predicted molar refractivity (Wildman–Crippen MR) is 73.7 cm³/mol. The van der Waals surface area contributed by atoms with Crippen molar-refractivity contribution < 1.29 is 13.5 Å². The molecule has 0 radical (unpaired) electrons. The number of halogens is 2. The van der Waals surface area contributed by atoms with Crippen LogP contribution in [0.15, 0.2) is 0 Å². The average molecular weight is 274 g/mol. The molecule has 2 fully saturated rings. The minimum absolute atomic E-state index is 0.0826. The summed E-state index contributed by atoms with van der Waals surface area (Å²) >= 11 is 0. The summed E-state index contributed by atoms with van der Waals surface area (Å²) in [5, 5.41) is 0. The van der Waals surface area contributed by atoms with Gasteiger partial charge in [0.25, 0.3) is 0 Å².